The second-order valence-electron chi connectivity index (χ2n) is 6.92. The molecule has 1 amide bonds. The van der Waals surface area contributed by atoms with Crippen LogP contribution in [0.15, 0.2) is 0 Å². The van der Waals surface area contributed by atoms with Crippen molar-refractivity contribution in [3.63, 3.8) is 0 Å². The van der Waals surface area contributed by atoms with Crippen molar-refractivity contribution in [1.29, 1.82) is 0 Å². The zero-order chi connectivity index (χ0) is 13.9. The van der Waals surface area contributed by atoms with Gasteiger partial charge >= 0.3 is 0 Å². The number of nitrogens with two attached hydrogens (primary N) is 1. The standard InChI is InChI=1S/C16H29N3O/c17-14-7-6-13(12-14)16(20)19-9-3-8-18(10-11-19)15-4-1-2-5-15/h13-15H,1-12,17H2. The maximum Gasteiger partial charge on any atom is 0.225 e. The molecule has 0 spiro atoms. The molecule has 2 N–H and O–H groups in total. The van der Waals surface area contributed by atoms with Gasteiger partial charge in [-0.25, -0.2) is 0 Å². The predicted molar refractivity (Wildman–Crippen MR) is 80.3 cm³/mol. The van der Waals surface area contributed by atoms with E-state index in [-0.39, 0.29) is 12.0 Å². The third-order valence-electron chi connectivity index (χ3n) is 5.51. The van der Waals surface area contributed by atoms with Crippen molar-refractivity contribution in [2.75, 3.05) is 26.2 Å². The zero-order valence-corrected chi connectivity index (χ0v) is 12.6. The molecule has 0 radical (unpaired) electrons. The van der Waals surface area contributed by atoms with Gasteiger partial charge in [-0.1, -0.05) is 12.8 Å². The smallest absolute Gasteiger partial charge is 0.225 e. The number of amides is 1. The molecule has 114 valence electrons. The largest absolute Gasteiger partial charge is 0.341 e. The Kier molecular flexibility index (Phi) is 4.61. The summed E-state index contributed by atoms with van der Waals surface area (Å²) in [5, 5.41) is 0. The molecule has 2 atom stereocenters. The maximum atomic E-state index is 12.6. The lowest BCUT2D eigenvalue weighted by molar-refractivity contribution is -0.135. The summed E-state index contributed by atoms with van der Waals surface area (Å²) < 4.78 is 0. The van der Waals surface area contributed by atoms with Crippen LogP contribution >= 0.6 is 0 Å². The predicted octanol–water partition coefficient (Wildman–Crippen LogP) is 1.59. The first-order valence-electron chi connectivity index (χ1n) is 8.52. The molecule has 0 aromatic heterocycles. The molecule has 20 heavy (non-hydrogen) atoms. The van der Waals surface area contributed by atoms with Gasteiger partial charge in [-0.3, -0.25) is 9.69 Å². The second kappa shape index (κ2) is 6.44. The lowest BCUT2D eigenvalue weighted by atomic mass is 10.1. The van der Waals surface area contributed by atoms with Gasteiger partial charge in [-0.15, -0.1) is 0 Å². The van der Waals surface area contributed by atoms with E-state index in [0.29, 0.717) is 5.91 Å². The highest BCUT2D eigenvalue weighted by Gasteiger charge is 2.32. The Morgan fingerprint density at radius 1 is 0.900 bits per heavy atom. The normalized spacial score (nSPS) is 33.5. The summed E-state index contributed by atoms with van der Waals surface area (Å²) in [5.74, 6) is 0.592. The van der Waals surface area contributed by atoms with Crippen molar-refractivity contribution in [1.82, 2.24) is 9.80 Å². The maximum absolute atomic E-state index is 12.6. The van der Waals surface area contributed by atoms with Crippen LogP contribution in [0.4, 0.5) is 0 Å². The SMILES string of the molecule is NC1CCC(C(=O)N2CCCN(C3CCCC3)CC2)C1. The molecule has 3 rings (SSSR count). The van der Waals surface area contributed by atoms with Crippen LogP contribution in [0.3, 0.4) is 0 Å². The van der Waals surface area contributed by atoms with Crippen LogP contribution in [0.1, 0.15) is 51.4 Å². The summed E-state index contributed by atoms with van der Waals surface area (Å²) in [6, 6.07) is 1.05. The van der Waals surface area contributed by atoms with E-state index in [1.165, 1.54) is 32.2 Å². The quantitative estimate of drug-likeness (QED) is 0.835. The van der Waals surface area contributed by atoms with Crippen molar-refractivity contribution >= 4 is 5.91 Å². The fraction of sp³-hybridized carbons (Fsp3) is 0.938. The number of carbonyl (C=O) groups excluding carboxylic acids is 1. The highest BCUT2D eigenvalue weighted by molar-refractivity contribution is 5.79. The Labute approximate surface area is 122 Å². The van der Waals surface area contributed by atoms with E-state index >= 15 is 0 Å². The first kappa shape index (κ1) is 14.3. The highest BCUT2D eigenvalue weighted by Crippen LogP contribution is 2.28. The van der Waals surface area contributed by atoms with E-state index in [9.17, 15) is 4.79 Å². The van der Waals surface area contributed by atoms with Crippen LogP contribution in [0.5, 0.6) is 0 Å². The van der Waals surface area contributed by atoms with Crippen molar-refractivity contribution in [3.8, 4) is 0 Å². The second-order valence-corrected chi connectivity index (χ2v) is 6.92. The molecule has 0 bridgehead atoms. The van der Waals surface area contributed by atoms with Crippen molar-refractivity contribution in [3.05, 3.63) is 0 Å². The molecule has 1 heterocycles. The van der Waals surface area contributed by atoms with Crippen LogP contribution < -0.4 is 5.73 Å². The van der Waals surface area contributed by atoms with E-state index in [1.54, 1.807) is 0 Å². The van der Waals surface area contributed by atoms with E-state index < -0.39 is 0 Å². The fourth-order valence-corrected chi connectivity index (χ4v) is 4.29. The van der Waals surface area contributed by atoms with Gasteiger partial charge < -0.3 is 10.6 Å². The van der Waals surface area contributed by atoms with E-state index in [1.807, 2.05) is 0 Å². The minimum atomic E-state index is 0.211. The molecular weight excluding hydrogens is 250 g/mol. The van der Waals surface area contributed by atoms with Gasteiger partial charge in [-0.2, -0.15) is 0 Å². The molecule has 3 fully saturated rings. The summed E-state index contributed by atoms with van der Waals surface area (Å²) in [6.45, 7) is 4.14. The molecule has 2 aliphatic carbocycles. The molecule has 4 nitrogen and oxygen atoms in total. The number of hydrogen-bond donors (Lipinski definition) is 1. The Morgan fingerprint density at radius 3 is 2.40 bits per heavy atom. The van der Waals surface area contributed by atoms with Crippen LogP contribution in [0.25, 0.3) is 0 Å². The third-order valence-corrected chi connectivity index (χ3v) is 5.51. The van der Waals surface area contributed by atoms with Crippen LogP contribution in [-0.4, -0.2) is 54.0 Å². The molecular formula is C16H29N3O. The van der Waals surface area contributed by atoms with Gasteiger partial charge in [0.15, 0.2) is 0 Å². The Bertz CT molecular complexity index is 341. The van der Waals surface area contributed by atoms with Crippen molar-refractivity contribution < 1.29 is 4.79 Å². The molecule has 4 heteroatoms. The van der Waals surface area contributed by atoms with Gasteiger partial charge in [0.2, 0.25) is 5.91 Å². The number of hydrogen-bond acceptors (Lipinski definition) is 3. The Morgan fingerprint density at radius 2 is 1.70 bits per heavy atom. The van der Waals surface area contributed by atoms with Gasteiger partial charge in [0, 0.05) is 44.2 Å². The van der Waals surface area contributed by atoms with Crippen LogP contribution in [0.2, 0.25) is 0 Å². The summed E-state index contributed by atoms with van der Waals surface area (Å²) in [7, 11) is 0. The topological polar surface area (TPSA) is 49.6 Å². The fourth-order valence-electron chi connectivity index (χ4n) is 4.29. The lowest BCUT2D eigenvalue weighted by Crippen LogP contribution is -2.40. The molecule has 2 unspecified atom stereocenters. The summed E-state index contributed by atoms with van der Waals surface area (Å²) >= 11 is 0. The van der Waals surface area contributed by atoms with Crippen molar-refractivity contribution in [2.45, 2.75) is 63.5 Å². The Hall–Kier alpha value is -0.610. The zero-order valence-electron chi connectivity index (χ0n) is 12.6. The van der Waals surface area contributed by atoms with Gasteiger partial charge in [0.25, 0.3) is 0 Å². The average Bonchev–Trinajstić information content (AvgIpc) is 3.05. The minimum Gasteiger partial charge on any atom is -0.341 e. The van der Waals surface area contributed by atoms with E-state index in [4.69, 9.17) is 5.73 Å². The minimum absolute atomic E-state index is 0.211. The monoisotopic (exact) mass is 279 g/mol. The first-order chi connectivity index (χ1) is 9.74. The average molecular weight is 279 g/mol. The molecule has 1 aliphatic heterocycles. The summed E-state index contributed by atoms with van der Waals surface area (Å²) in [4.78, 5) is 17.3. The summed E-state index contributed by atoms with van der Waals surface area (Å²) in [5.41, 5.74) is 5.95. The first-order valence-corrected chi connectivity index (χ1v) is 8.52. The molecule has 3 aliphatic rings. The number of nitrogens with zero attached hydrogens (tertiary/aromatic N) is 2. The number of carbonyl (C=O) groups is 1. The van der Waals surface area contributed by atoms with Crippen LogP contribution in [0, 0.1) is 5.92 Å². The van der Waals surface area contributed by atoms with Gasteiger partial charge in [-0.05, 0) is 38.5 Å². The lowest BCUT2D eigenvalue weighted by Gasteiger charge is -2.28. The Balaban J connectivity index is 1.52. The molecule has 2 saturated carbocycles. The van der Waals surface area contributed by atoms with Gasteiger partial charge in [0.1, 0.15) is 0 Å². The molecule has 1 saturated heterocycles. The molecule has 0 aromatic rings. The van der Waals surface area contributed by atoms with Crippen LogP contribution in [-0.2, 0) is 4.79 Å². The third kappa shape index (κ3) is 3.17. The molecule has 0 aromatic carbocycles. The van der Waals surface area contributed by atoms with Gasteiger partial charge in [0.05, 0.1) is 0 Å². The van der Waals surface area contributed by atoms with E-state index in [0.717, 1.165) is 51.4 Å². The summed E-state index contributed by atoms with van der Waals surface area (Å²) in [6.07, 6.45) is 9.59. The van der Waals surface area contributed by atoms with Crippen molar-refractivity contribution in [2.24, 2.45) is 11.7 Å². The highest BCUT2D eigenvalue weighted by atomic mass is 16.2. The number of rotatable bonds is 2. The van der Waals surface area contributed by atoms with E-state index in [2.05, 4.69) is 9.80 Å².